The van der Waals surface area contributed by atoms with Gasteiger partial charge in [0.1, 0.15) is 0 Å². The Labute approximate surface area is 91.7 Å². The molecule has 15 heavy (non-hydrogen) atoms. The maximum absolute atomic E-state index is 3.98. The summed E-state index contributed by atoms with van der Waals surface area (Å²) in [5.74, 6) is 0.833. The van der Waals surface area contributed by atoms with E-state index in [2.05, 4.69) is 56.9 Å². The number of benzene rings is 1. The molecule has 0 spiro atoms. The summed E-state index contributed by atoms with van der Waals surface area (Å²) in [6.07, 6.45) is 1.87. The van der Waals surface area contributed by atoms with Gasteiger partial charge in [0.25, 0.3) is 0 Å². The van der Waals surface area contributed by atoms with Gasteiger partial charge < -0.3 is 0 Å². The molecule has 0 bridgehead atoms. The fraction of sp³-hybridized carbons (Fsp3) is 0.462. The number of hydrogen-bond acceptors (Lipinski definition) is 1. The van der Waals surface area contributed by atoms with Crippen LogP contribution in [0.3, 0.4) is 0 Å². The molecule has 2 heteroatoms. The number of aryl methyl sites for hydroxylation is 2. The number of rotatable bonds is 0. The lowest BCUT2D eigenvalue weighted by Crippen LogP contribution is -1.79. The number of nitrogens with one attached hydrogen (secondary N) is 1. The molecule has 0 saturated carbocycles. The van der Waals surface area contributed by atoms with E-state index in [1.54, 1.807) is 0 Å². The Balaban J connectivity index is 0.000000245. The van der Waals surface area contributed by atoms with E-state index in [9.17, 15) is 0 Å². The second kappa shape index (κ2) is 4.96. The molecule has 0 aliphatic heterocycles. The van der Waals surface area contributed by atoms with Gasteiger partial charge in [-0.3, -0.25) is 5.10 Å². The van der Waals surface area contributed by atoms with Crippen molar-refractivity contribution in [1.29, 1.82) is 0 Å². The van der Waals surface area contributed by atoms with E-state index in [0.29, 0.717) is 0 Å². The fourth-order valence-electron chi connectivity index (χ4n) is 1.27. The molecule has 2 rings (SSSR count). The third-order valence-corrected chi connectivity index (χ3v) is 2.16. The molecule has 1 heterocycles. The molecule has 2 aromatic rings. The zero-order chi connectivity index (χ0) is 11.4. The van der Waals surface area contributed by atoms with E-state index in [0.717, 1.165) is 11.4 Å². The second-order valence-corrected chi connectivity index (χ2v) is 4.57. The highest BCUT2D eigenvalue weighted by atomic mass is 15.1. The van der Waals surface area contributed by atoms with Crippen LogP contribution in [0.5, 0.6) is 0 Å². The molecule has 0 fully saturated rings. The van der Waals surface area contributed by atoms with Crippen LogP contribution >= 0.6 is 0 Å². The quantitative estimate of drug-likeness (QED) is 0.694. The van der Waals surface area contributed by atoms with Crippen molar-refractivity contribution < 1.29 is 0 Å². The summed E-state index contributed by atoms with van der Waals surface area (Å²) < 4.78 is 0. The van der Waals surface area contributed by atoms with Crippen molar-refractivity contribution in [3.05, 3.63) is 29.5 Å². The molecule has 1 aromatic heterocycles. The molecule has 0 aliphatic rings. The number of aromatic amines is 1. The predicted octanol–water partition coefficient (Wildman–Crippen LogP) is 3.84. The van der Waals surface area contributed by atoms with Crippen LogP contribution in [0, 0.1) is 19.8 Å². The molecule has 0 saturated heterocycles. The maximum atomic E-state index is 3.98. The predicted molar refractivity (Wildman–Crippen MR) is 66.1 cm³/mol. The van der Waals surface area contributed by atoms with Crippen LogP contribution in [-0.4, -0.2) is 10.2 Å². The van der Waals surface area contributed by atoms with Crippen LogP contribution in [0.15, 0.2) is 18.3 Å². The van der Waals surface area contributed by atoms with Gasteiger partial charge in [0.2, 0.25) is 0 Å². The second-order valence-electron chi connectivity index (χ2n) is 4.57. The standard InChI is InChI=1S/C9H10N2.C4H10/c1-6-3-4-9-8(7(6)2)5-10-11-9;1-4(2)3/h3-5H,1-2H3,(H,10,11);4H,1-3H3. The first kappa shape index (κ1) is 11.8. The average Bonchev–Trinajstić information content (AvgIpc) is 2.59. The minimum atomic E-state index is 0.833. The number of aromatic nitrogens is 2. The van der Waals surface area contributed by atoms with Crippen LogP contribution < -0.4 is 0 Å². The Morgan fingerprint density at radius 2 is 1.73 bits per heavy atom. The zero-order valence-electron chi connectivity index (χ0n) is 10.3. The highest BCUT2D eigenvalue weighted by Gasteiger charge is 1.99. The first-order chi connectivity index (χ1) is 7.02. The van der Waals surface area contributed by atoms with Gasteiger partial charge in [-0.2, -0.15) is 5.10 Å². The van der Waals surface area contributed by atoms with Crippen molar-refractivity contribution in [2.75, 3.05) is 0 Å². The SMILES string of the molecule is CC(C)C.Cc1ccc2[nH]ncc2c1C. The van der Waals surface area contributed by atoms with E-state index in [4.69, 9.17) is 0 Å². The van der Waals surface area contributed by atoms with Gasteiger partial charge in [0.15, 0.2) is 0 Å². The van der Waals surface area contributed by atoms with Crippen molar-refractivity contribution in [1.82, 2.24) is 10.2 Å². The van der Waals surface area contributed by atoms with Crippen molar-refractivity contribution >= 4 is 10.9 Å². The molecule has 0 aliphatic carbocycles. The molecule has 0 atom stereocenters. The molecule has 0 unspecified atom stereocenters. The first-order valence-electron chi connectivity index (χ1n) is 5.41. The molecular weight excluding hydrogens is 184 g/mol. The molecule has 0 radical (unpaired) electrons. The van der Waals surface area contributed by atoms with E-state index >= 15 is 0 Å². The van der Waals surface area contributed by atoms with E-state index in [1.165, 1.54) is 16.5 Å². The average molecular weight is 204 g/mol. The largest absolute Gasteiger partial charge is 0.278 e. The van der Waals surface area contributed by atoms with E-state index in [-0.39, 0.29) is 0 Å². The van der Waals surface area contributed by atoms with Crippen molar-refractivity contribution in [3.63, 3.8) is 0 Å². The summed E-state index contributed by atoms with van der Waals surface area (Å²) in [5.41, 5.74) is 3.75. The smallest absolute Gasteiger partial charge is 0.0653 e. The Bertz CT molecular complexity index is 424. The van der Waals surface area contributed by atoms with Gasteiger partial charge >= 0.3 is 0 Å². The minimum absolute atomic E-state index is 0.833. The summed E-state index contributed by atoms with van der Waals surface area (Å²) in [7, 11) is 0. The van der Waals surface area contributed by atoms with Crippen LogP contribution in [-0.2, 0) is 0 Å². The normalized spacial score (nSPS) is 10.3. The van der Waals surface area contributed by atoms with Gasteiger partial charge in [-0.1, -0.05) is 26.8 Å². The lowest BCUT2D eigenvalue weighted by Gasteiger charge is -1.98. The minimum Gasteiger partial charge on any atom is -0.278 e. The van der Waals surface area contributed by atoms with Crippen LogP contribution in [0.4, 0.5) is 0 Å². The van der Waals surface area contributed by atoms with Gasteiger partial charge in [0, 0.05) is 5.39 Å². The summed E-state index contributed by atoms with van der Waals surface area (Å²) in [6.45, 7) is 10.7. The zero-order valence-corrected chi connectivity index (χ0v) is 10.3. The van der Waals surface area contributed by atoms with Gasteiger partial charge in [-0.15, -0.1) is 0 Å². The Kier molecular flexibility index (Phi) is 3.89. The molecule has 2 nitrogen and oxygen atoms in total. The lowest BCUT2D eigenvalue weighted by atomic mass is 10.1. The molecule has 0 amide bonds. The first-order valence-corrected chi connectivity index (χ1v) is 5.41. The highest BCUT2D eigenvalue weighted by Crippen LogP contribution is 2.18. The summed E-state index contributed by atoms with van der Waals surface area (Å²) in [4.78, 5) is 0. The lowest BCUT2D eigenvalue weighted by molar-refractivity contribution is 0.737. The molecule has 1 N–H and O–H groups in total. The highest BCUT2D eigenvalue weighted by molar-refractivity contribution is 5.82. The molecule has 82 valence electrons. The Hall–Kier alpha value is -1.31. The Morgan fingerprint density at radius 1 is 1.13 bits per heavy atom. The number of nitrogens with zero attached hydrogens (tertiary/aromatic N) is 1. The van der Waals surface area contributed by atoms with Gasteiger partial charge in [-0.25, -0.2) is 0 Å². The van der Waals surface area contributed by atoms with Crippen LogP contribution in [0.25, 0.3) is 10.9 Å². The number of H-pyrrole nitrogens is 1. The summed E-state index contributed by atoms with van der Waals surface area (Å²) in [5, 5.41) is 8.14. The molecule has 1 aromatic carbocycles. The third-order valence-electron chi connectivity index (χ3n) is 2.16. The summed E-state index contributed by atoms with van der Waals surface area (Å²) in [6, 6.07) is 4.17. The van der Waals surface area contributed by atoms with E-state index in [1.807, 2.05) is 6.20 Å². The van der Waals surface area contributed by atoms with Gasteiger partial charge in [0.05, 0.1) is 11.7 Å². The Morgan fingerprint density at radius 3 is 2.33 bits per heavy atom. The number of fused-ring (bicyclic) bond motifs is 1. The van der Waals surface area contributed by atoms with Crippen LogP contribution in [0.1, 0.15) is 31.9 Å². The van der Waals surface area contributed by atoms with Crippen molar-refractivity contribution in [2.24, 2.45) is 5.92 Å². The fourth-order valence-corrected chi connectivity index (χ4v) is 1.27. The van der Waals surface area contributed by atoms with Crippen molar-refractivity contribution in [2.45, 2.75) is 34.6 Å². The van der Waals surface area contributed by atoms with Crippen LogP contribution in [0.2, 0.25) is 0 Å². The maximum Gasteiger partial charge on any atom is 0.0653 e. The molecular formula is C13H20N2. The monoisotopic (exact) mass is 204 g/mol. The third kappa shape index (κ3) is 3.08. The van der Waals surface area contributed by atoms with E-state index < -0.39 is 0 Å². The summed E-state index contributed by atoms with van der Waals surface area (Å²) >= 11 is 0. The van der Waals surface area contributed by atoms with Crippen molar-refractivity contribution in [3.8, 4) is 0 Å². The number of hydrogen-bond donors (Lipinski definition) is 1. The topological polar surface area (TPSA) is 28.7 Å². The van der Waals surface area contributed by atoms with Gasteiger partial charge in [-0.05, 0) is 37.0 Å².